The zero-order valence-corrected chi connectivity index (χ0v) is 17.0. The summed E-state index contributed by atoms with van der Waals surface area (Å²) in [6.07, 6.45) is 6.16. The van der Waals surface area contributed by atoms with Gasteiger partial charge in [0.25, 0.3) is 0 Å². The molecule has 1 N–H and O–H groups in total. The normalized spacial score (nSPS) is 19.4. The molecule has 0 aromatic heterocycles. The second-order valence-corrected chi connectivity index (χ2v) is 8.30. The topological polar surface area (TPSA) is 41.6 Å². The Hall–Kier alpha value is -2.56. The van der Waals surface area contributed by atoms with Gasteiger partial charge >= 0.3 is 0 Å². The van der Waals surface area contributed by atoms with Gasteiger partial charge in [-0.25, -0.2) is 4.39 Å². The minimum Gasteiger partial charge on any atom is -0.489 e. The first-order valence-corrected chi connectivity index (χ1v) is 10.6. The van der Waals surface area contributed by atoms with Crippen molar-refractivity contribution in [2.24, 2.45) is 0 Å². The number of carbonyl (C=O) groups is 1. The molecule has 2 aromatic rings. The van der Waals surface area contributed by atoms with Crippen LogP contribution < -0.4 is 15.0 Å². The molecule has 1 aliphatic heterocycles. The molecule has 0 unspecified atom stereocenters. The highest BCUT2D eigenvalue weighted by molar-refractivity contribution is 5.78. The molecule has 0 saturated heterocycles. The average molecular weight is 397 g/mol. The van der Waals surface area contributed by atoms with Crippen molar-refractivity contribution in [3.05, 3.63) is 59.4 Å². The van der Waals surface area contributed by atoms with E-state index in [4.69, 9.17) is 4.74 Å². The molecule has 1 atom stereocenters. The van der Waals surface area contributed by atoms with Gasteiger partial charge in [0.05, 0.1) is 18.2 Å². The second-order valence-electron chi connectivity index (χ2n) is 8.30. The van der Waals surface area contributed by atoms with Crippen LogP contribution in [0.25, 0.3) is 0 Å². The minimum absolute atomic E-state index is 0.0740. The SMILES string of the molecule is Cc1ccc(CN2c3ccc(F)cc3OC[C@@H]2CC(=O)NC2CCCCC2)cc1. The molecular formula is C24H29FN2O2. The molecule has 2 aromatic carbocycles. The summed E-state index contributed by atoms with van der Waals surface area (Å²) in [4.78, 5) is 14.9. The highest BCUT2D eigenvalue weighted by Crippen LogP contribution is 2.36. The van der Waals surface area contributed by atoms with Crippen molar-refractivity contribution >= 4 is 11.6 Å². The molecule has 4 nitrogen and oxygen atoms in total. The lowest BCUT2D eigenvalue weighted by Gasteiger charge is -2.39. The number of rotatable bonds is 5. The number of hydrogen-bond acceptors (Lipinski definition) is 3. The number of nitrogens with zero attached hydrogens (tertiary/aromatic N) is 1. The standard InChI is InChI=1S/C24H29FN2O2/c1-17-7-9-18(10-8-17)15-27-21(14-24(28)26-20-5-3-2-4-6-20)16-29-23-13-19(25)11-12-22(23)27/h7-13,20-21H,2-6,14-16H2,1H3,(H,26,28)/t21-/m0/s1. The van der Waals surface area contributed by atoms with Gasteiger partial charge in [0.15, 0.2) is 0 Å². The Kier molecular flexibility index (Phi) is 6.02. The zero-order chi connectivity index (χ0) is 20.2. The number of anilines is 1. The number of halogens is 1. The monoisotopic (exact) mass is 396 g/mol. The third-order valence-corrected chi connectivity index (χ3v) is 5.97. The number of benzene rings is 2. The van der Waals surface area contributed by atoms with Gasteiger partial charge in [-0.05, 0) is 37.5 Å². The fourth-order valence-corrected chi connectivity index (χ4v) is 4.33. The molecule has 5 heteroatoms. The van der Waals surface area contributed by atoms with Crippen LogP contribution >= 0.6 is 0 Å². The molecule has 154 valence electrons. The maximum absolute atomic E-state index is 13.7. The molecule has 4 rings (SSSR count). The third kappa shape index (κ3) is 4.89. The van der Waals surface area contributed by atoms with Crippen molar-refractivity contribution in [1.29, 1.82) is 0 Å². The van der Waals surface area contributed by atoms with Gasteiger partial charge in [0.1, 0.15) is 18.2 Å². The van der Waals surface area contributed by atoms with E-state index in [-0.39, 0.29) is 17.8 Å². The van der Waals surface area contributed by atoms with E-state index in [1.54, 1.807) is 6.07 Å². The fraction of sp³-hybridized carbons (Fsp3) is 0.458. The lowest BCUT2D eigenvalue weighted by Crippen LogP contribution is -2.47. The first-order valence-electron chi connectivity index (χ1n) is 10.6. The van der Waals surface area contributed by atoms with Gasteiger partial charge < -0.3 is 15.0 Å². The van der Waals surface area contributed by atoms with Gasteiger partial charge in [-0.2, -0.15) is 0 Å². The van der Waals surface area contributed by atoms with Gasteiger partial charge in [0.2, 0.25) is 5.91 Å². The predicted molar refractivity (Wildman–Crippen MR) is 113 cm³/mol. The molecular weight excluding hydrogens is 367 g/mol. The van der Waals surface area contributed by atoms with E-state index >= 15 is 0 Å². The lowest BCUT2D eigenvalue weighted by molar-refractivity contribution is -0.122. The number of ether oxygens (including phenoxy) is 1. The summed E-state index contributed by atoms with van der Waals surface area (Å²) < 4.78 is 19.5. The maximum Gasteiger partial charge on any atom is 0.222 e. The van der Waals surface area contributed by atoms with Crippen LogP contribution in [-0.4, -0.2) is 24.6 Å². The van der Waals surface area contributed by atoms with E-state index in [0.29, 0.717) is 31.4 Å². The first kappa shape index (κ1) is 19.7. The Morgan fingerprint density at radius 1 is 1.14 bits per heavy atom. The Morgan fingerprint density at radius 3 is 2.66 bits per heavy atom. The number of aryl methyl sites for hydroxylation is 1. The molecule has 1 fully saturated rings. The Morgan fingerprint density at radius 2 is 1.90 bits per heavy atom. The van der Waals surface area contributed by atoms with Gasteiger partial charge in [-0.1, -0.05) is 49.1 Å². The number of amides is 1. The van der Waals surface area contributed by atoms with Crippen LogP contribution in [0, 0.1) is 12.7 Å². The minimum atomic E-state index is -0.312. The smallest absolute Gasteiger partial charge is 0.222 e. The molecule has 1 heterocycles. The quantitative estimate of drug-likeness (QED) is 0.794. The zero-order valence-electron chi connectivity index (χ0n) is 17.0. The molecule has 29 heavy (non-hydrogen) atoms. The Bertz CT molecular complexity index is 846. The summed E-state index contributed by atoms with van der Waals surface area (Å²) in [5, 5.41) is 3.21. The summed E-state index contributed by atoms with van der Waals surface area (Å²) in [6.45, 7) is 3.10. The van der Waals surface area contributed by atoms with Crippen LogP contribution in [0.5, 0.6) is 5.75 Å². The fourth-order valence-electron chi connectivity index (χ4n) is 4.33. The molecule has 2 aliphatic rings. The molecule has 0 radical (unpaired) electrons. The number of hydrogen-bond donors (Lipinski definition) is 1. The molecule has 1 amide bonds. The van der Waals surface area contributed by atoms with E-state index in [1.165, 1.54) is 37.0 Å². The van der Waals surface area contributed by atoms with Crippen LogP contribution in [0.3, 0.4) is 0 Å². The van der Waals surface area contributed by atoms with Crippen molar-refractivity contribution in [2.45, 2.75) is 64.1 Å². The van der Waals surface area contributed by atoms with Gasteiger partial charge in [-0.15, -0.1) is 0 Å². The highest BCUT2D eigenvalue weighted by atomic mass is 19.1. The van der Waals surface area contributed by atoms with Gasteiger partial charge in [0, 0.05) is 18.7 Å². The van der Waals surface area contributed by atoms with Crippen molar-refractivity contribution in [1.82, 2.24) is 5.32 Å². The van der Waals surface area contributed by atoms with Crippen molar-refractivity contribution in [3.8, 4) is 5.75 Å². The molecule has 0 spiro atoms. The first-order chi connectivity index (χ1) is 14.1. The second kappa shape index (κ2) is 8.85. The van der Waals surface area contributed by atoms with Crippen LogP contribution in [0.4, 0.5) is 10.1 Å². The lowest BCUT2D eigenvalue weighted by atomic mass is 9.95. The van der Waals surface area contributed by atoms with Crippen LogP contribution in [0.2, 0.25) is 0 Å². The summed E-state index contributed by atoms with van der Waals surface area (Å²) >= 11 is 0. The predicted octanol–water partition coefficient (Wildman–Crippen LogP) is 4.74. The maximum atomic E-state index is 13.7. The van der Waals surface area contributed by atoms with E-state index in [0.717, 1.165) is 24.1 Å². The van der Waals surface area contributed by atoms with Crippen molar-refractivity contribution in [2.75, 3.05) is 11.5 Å². The molecule has 0 bridgehead atoms. The largest absolute Gasteiger partial charge is 0.489 e. The summed E-state index contributed by atoms with van der Waals surface area (Å²) in [5.41, 5.74) is 3.21. The summed E-state index contributed by atoms with van der Waals surface area (Å²) in [5.74, 6) is 0.304. The number of fused-ring (bicyclic) bond motifs is 1. The van der Waals surface area contributed by atoms with E-state index in [2.05, 4.69) is 41.4 Å². The van der Waals surface area contributed by atoms with Gasteiger partial charge in [-0.3, -0.25) is 4.79 Å². The highest BCUT2D eigenvalue weighted by Gasteiger charge is 2.30. The van der Waals surface area contributed by atoms with Crippen molar-refractivity contribution in [3.63, 3.8) is 0 Å². The number of carbonyl (C=O) groups excluding carboxylic acids is 1. The van der Waals surface area contributed by atoms with Crippen LogP contribution in [0.1, 0.15) is 49.7 Å². The Labute approximate surface area is 172 Å². The number of nitrogens with one attached hydrogen (secondary N) is 1. The third-order valence-electron chi connectivity index (χ3n) is 5.97. The average Bonchev–Trinajstić information content (AvgIpc) is 2.72. The van der Waals surface area contributed by atoms with E-state index < -0.39 is 0 Å². The summed E-state index contributed by atoms with van der Waals surface area (Å²) in [7, 11) is 0. The summed E-state index contributed by atoms with van der Waals surface area (Å²) in [6, 6.07) is 13.2. The van der Waals surface area contributed by atoms with E-state index in [9.17, 15) is 9.18 Å². The van der Waals surface area contributed by atoms with Crippen molar-refractivity contribution < 1.29 is 13.9 Å². The Balaban J connectivity index is 1.51. The molecule has 1 saturated carbocycles. The van der Waals surface area contributed by atoms with E-state index in [1.807, 2.05) is 0 Å². The van der Waals surface area contributed by atoms with Crippen LogP contribution in [0.15, 0.2) is 42.5 Å². The van der Waals surface area contributed by atoms with Crippen LogP contribution in [-0.2, 0) is 11.3 Å². The molecule has 1 aliphatic carbocycles.